The van der Waals surface area contributed by atoms with Gasteiger partial charge in [-0.15, -0.1) is 0 Å². The predicted molar refractivity (Wildman–Crippen MR) is 135 cm³/mol. The minimum atomic E-state index is -0.815. The van der Waals surface area contributed by atoms with Crippen molar-refractivity contribution in [2.75, 3.05) is 26.6 Å². The molecule has 0 saturated heterocycles. The van der Waals surface area contributed by atoms with Gasteiger partial charge in [0.25, 0.3) is 0 Å². The quantitative estimate of drug-likeness (QED) is 0.311. The Balaban J connectivity index is 2.55. The molecule has 0 saturated carbocycles. The second-order valence-corrected chi connectivity index (χ2v) is 7.24. The molecule has 0 fully saturated rings. The number of benzene rings is 2. The van der Waals surface area contributed by atoms with Gasteiger partial charge in [-0.25, -0.2) is 0 Å². The van der Waals surface area contributed by atoms with Crippen LogP contribution in [0.1, 0.15) is 17.2 Å². The Morgan fingerprint density at radius 2 is 1.67 bits per heavy atom. The molecule has 0 heterocycles. The Morgan fingerprint density at radius 3 is 2.15 bits per heavy atom. The van der Waals surface area contributed by atoms with Crippen LogP contribution in [0.3, 0.4) is 0 Å². The number of anilines is 1. The summed E-state index contributed by atoms with van der Waals surface area (Å²) < 4.78 is 10.7. The molecule has 0 bridgehead atoms. The Labute approximate surface area is 195 Å². The highest BCUT2D eigenvalue weighted by molar-refractivity contribution is 6.48. The molecular formula is C27H31N3O3. The van der Waals surface area contributed by atoms with E-state index in [1.807, 2.05) is 31.2 Å². The van der Waals surface area contributed by atoms with Crippen LogP contribution >= 0.6 is 0 Å². The first-order valence-electron chi connectivity index (χ1n) is 10.4. The molecule has 0 aliphatic carbocycles. The molecule has 0 aliphatic heterocycles. The molecule has 1 unspecified atom stereocenters. The summed E-state index contributed by atoms with van der Waals surface area (Å²) in [6, 6.07) is 12.1. The summed E-state index contributed by atoms with van der Waals surface area (Å²) in [5.41, 5.74) is 3.30. The summed E-state index contributed by atoms with van der Waals surface area (Å²) in [6.45, 7) is 9.50. The molecule has 0 amide bonds. The molecule has 0 aliphatic rings. The lowest BCUT2D eigenvalue weighted by Crippen LogP contribution is -2.29. The van der Waals surface area contributed by atoms with E-state index in [4.69, 9.17) is 14.9 Å². The van der Waals surface area contributed by atoms with Crippen LogP contribution in [0.2, 0.25) is 0 Å². The summed E-state index contributed by atoms with van der Waals surface area (Å²) in [6.07, 6.45) is 6.50. The predicted octanol–water partition coefficient (Wildman–Crippen LogP) is 5.16. The van der Waals surface area contributed by atoms with Crippen molar-refractivity contribution in [3.05, 3.63) is 102 Å². The molecule has 2 aromatic carbocycles. The maximum absolute atomic E-state index is 13.7. The zero-order chi connectivity index (χ0) is 24.4. The Bertz CT molecular complexity index is 1060. The first kappa shape index (κ1) is 25.2. The number of hydrogen-bond donors (Lipinski definition) is 3. The van der Waals surface area contributed by atoms with Crippen LogP contribution < -0.4 is 20.1 Å². The Kier molecular flexibility index (Phi) is 9.24. The first-order chi connectivity index (χ1) is 15.9. The minimum absolute atomic E-state index is 0.162. The third-order valence-corrected chi connectivity index (χ3v) is 4.97. The fraction of sp³-hybridized carbons (Fsp3) is 0.185. The molecule has 0 spiro atoms. The van der Waals surface area contributed by atoms with Gasteiger partial charge in [0.05, 0.1) is 14.2 Å². The number of methoxy groups -OCH3 is 2. The number of nitrogens with one attached hydrogen (secondary N) is 3. The van der Waals surface area contributed by atoms with Crippen LogP contribution in [-0.4, -0.2) is 32.8 Å². The van der Waals surface area contributed by atoms with E-state index in [1.54, 1.807) is 63.9 Å². The third-order valence-electron chi connectivity index (χ3n) is 4.97. The molecule has 33 heavy (non-hydrogen) atoms. The lowest BCUT2D eigenvalue weighted by molar-refractivity contribution is -0.113. The summed E-state index contributed by atoms with van der Waals surface area (Å²) in [5.74, 6) is 0.764. The van der Waals surface area contributed by atoms with E-state index in [0.29, 0.717) is 28.3 Å². The molecule has 1 atom stereocenters. The van der Waals surface area contributed by atoms with Crippen molar-refractivity contribution in [2.24, 2.45) is 0 Å². The number of carbonyl (C=O) groups is 1. The highest BCUT2D eigenvalue weighted by Gasteiger charge is 2.27. The van der Waals surface area contributed by atoms with Crippen molar-refractivity contribution in [3.8, 4) is 11.5 Å². The van der Waals surface area contributed by atoms with Gasteiger partial charge >= 0.3 is 0 Å². The van der Waals surface area contributed by atoms with Gasteiger partial charge in [0, 0.05) is 42.7 Å². The number of rotatable bonds is 12. The van der Waals surface area contributed by atoms with Crippen LogP contribution in [0.15, 0.2) is 91.2 Å². The SMILES string of the molecule is C=C/C=C(C=C)/C(=C/NC)C(=N)C(=O)C(Nc1cc(OC)cc(OC)c1)c1ccc(C)cc1. The summed E-state index contributed by atoms with van der Waals surface area (Å²) in [5, 5.41) is 14.9. The van der Waals surface area contributed by atoms with Crippen molar-refractivity contribution in [1.82, 2.24) is 5.32 Å². The van der Waals surface area contributed by atoms with E-state index < -0.39 is 11.8 Å². The van der Waals surface area contributed by atoms with Gasteiger partial charge in [-0.2, -0.15) is 0 Å². The normalized spacial score (nSPS) is 12.4. The van der Waals surface area contributed by atoms with E-state index in [1.165, 1.54) is 0 Å². The van der Waals surface area contributed by atoms with Gasteiger partial charge in [0.1, 0.15) is 23.3 Å². The van der Waals surface area contributed by atoms with E-state index in [-0.39, 0.29) is 5.71 Å². The number of carbonyl (C=O) groups excluding carboxylic acids is 1. The van der Waals surface area contributed by atoms with Crippen LogP contribution in [0.25, 0.3) is 0 Å². The van der Waals surface area contributed by atoms with Crippen molar-refractivity contribution in [2.45, 2.75) is 13.0 Å². The number of aryl methyl sites for hydroxylation is 1. The van der Waals surface area contributed by atoms with Crippen LogP contribution in [0, 0.1) is 12.3 Å². The molecule has 6 heteroatoms. The Hall–Kier alpha value is -4.06. The van der Waals surface area contributed by atoms with Gasteiger partial charge in [0.2, 0.25) is 5.78 Å². The lowest BCUT2D eigenvalue weighted by atomic mass is 9.91. The zero-order valence-corrected chi connectivity index (χ0v) is 19.6. The van der Waals surface area contributed by atoms with Gasteiger partial charge in [-0.1, -0.05) is 61.2 Å². The fourth-order valence-corrected chi connectivity index (χ4v) is 3.23. The van der Waals surface area contributed by atoms with Crippen molar-refractivity contribution in [1.29, 1.82) is 5.41 Å². The third kappa shape index (κ3) is 6.46. The number of Topliss-reactive ketones (excluding diaryl/α,β-unsaturated/α-hetero) is 1. The first-order valence-corrected chi connectivity index (χ1v) is 10.4. The number of allylic oxidation sites excluding steroid dienone is 5. The molecule has 0 radical (unpaired) electrons. The monoisotopic (exact) mass is 445 g/mol. The second kappa shape index (κ2) is 12.1. The highest BCUT2D eigenvalue weighted by atomic mass is 16.5. The van der Waals surface area contributed by atoms with E-state index in [2.05, 4.69) is 23.8 Å². The average Bonchev–Trinajstić information content (AvgIpc) is 2.84. The van der Waals surface area contributed by atoms with Gasteiger partial charge < -0.3 is 20.1 Å². The van der Waals surface area contributed by atoms with Crippen LogP contribution in [-0.2, 0) is 4.79 Å². The molecule has 6 nitrogen and oxygen atoms in total. The molecule has 2 rings (SSSR count). The van der Waals surface area contributed by atoms with Gasteiger partial charge in [-0.05, 0) is 18.1 Å². The number of ether oxygens (including phenoxy) is 2. The molecule has 172 valence electrons. The maximum atomic E-state index is 13.7. The lowest BCUT2D eigenvalue weighted by Gasteiger charge is -2.22. The second-order valence-electron chi connectivity index (χ2n) is 7.24. The molecular weight excluding hydrogens is 414 g/mol. The standard InChI is InChI=1S/C27H31N3O3/c1-7-9-19(8-2)24(17-29-4)25(28)27(31)26(20-12-10-18(3)11-13-20)30-21-14-22(32-5)16-23(15-21)33-6/h7-17,26,28-30H,1-2H2,3-6H3/b19-9+,24-17-,28-25?. The van der Waals surface area contributed by atoms with Crippen molar-refractivity contribution < 1.29 is 14.3 Å². The van der Waals surface area contributed by atoms with E-state index in [9.17, 15) is 4.79 Å². The smallest absolute Gasteiger partial charge is 0.207 e. The Morgan fingerprint density at radius 1 is 1.06 bits per heavy atom. The molecule has 3 N–H and O–H groups in total. The number of ketones is 1. The van der Waals surface area contributed by atoms with Crippen LogP contribution in [0.4, 0.5) is 5.69 Å². The van der Waals surface area contributed by atoms with E-state index >= 15 is 0 Å². The van der Waals surface area contributed by atoms with Crippen LogP contribution in [0.5, 0.6) is 11.5 Å². The van der Waals surface area contributed by atoms with Gasteiger partial charge in [0.15, 0.2) is 0 Å². The topological polar surface area (TPSA) is 83.4 Å². The summed E-state index contributed by atoms with van der Waals surface area (Å²) in [4.78, 5) is 13.7. The largest absolute Gasteiger partial charge is 0.497 e. The van der Waals surface area contributed by atoms with Crippen molar-refractivity contribution in [3.63, 3.8) is 0 Å². The maximum Gasteiger partial charge on any atom is 0.207 e. The average molecular weight is 446 g/mol. The fourth-order valence-electron chi connectivity index (χ4n) is 3.23. The zero-order valence-electron chi connectivity index (χ0n) is 19.6. The highest BCUT2D eigenvalue weighted by Crippen LogP contribution is 2.30. The van der Waals surface area contributed by atoms with E-state index in [0.717, 1.165) is 11.1 Å². The van der Waals surface area contributed by atoms with Gasteiger partial charge in [-0.3, -0.25) is 10.2 Å². The molecule has 2 aromatic rings. The summed E-state index contributed by atoms with van der Waals surface area (Å²) >= 11 is 0. The summed E-state index contributed by atoms with van der Waals surface area (Å²) in [7, 11) is 4.84. The minimum Gasteiger partial charge on any atom is -0.497 e. The molecule has 0 aromatic heterocycles. The number of hydrogen-bond acceptors (Lipinski definition) is 6. The van der Waals surface area contributed by atoms with Crippen molar-refractivity contribution >= 4 is 17.2 Å².